The summed E-state index contributed by atoms with van der Waals surface area (Å²) in [6.07, 6.45) is 0.182. The van der Waals surface area contributed by atoms with E-state index in [2.05, 4.69) is 0 Å². The van der Waals surface area contributed by atoms with Gasteiger partial charge in [-0.2, -0.15) is 0 Å². The van der Waals surface area contributed by atoms with Crippen molar-refractivity contribution in [3.8, 4) is 0 Å². The molecule has 2 atom stereocenters. The number of aliphatic hydroxyl groups is 1. The second-order valence-electron chi connectivity index (χ2n) is 6.75. The van der Waals surface area contributed by atoms with Crippen LogP contribution in [0.15, 0.2) is 11.4 Å². The van der Waals surface area contributed by atoms with Crippen LogP contribution in [0.2, 0.25) is 0 Å². The van der Waals surface area contributed by atoms with Crippen molar-refractivity contribution in [2.45, 2.75) is 57.0 Å². The van der Waals surface area contributed by atoms with Gasteiger partial charge in [-0.25, -0.2) is 8.78 Å². The summed E-state index contributed by atoms with van der Waals surface area (Å²) in [5.74, 6) is -4.55. The highest BCUT2D eigenvalue weighted by Crippen LogP contribution is 2.40. The highest BCUT2D eigenvalue weighted by molar-refractivity contribution is 7.10. The maximum atomic E-state index is 13.3. The van der Waals surface area contributed by atoms with E-state index in [4.69, 9.17) is 11.5 Å². The molecule has 8 heteroatoms. The number of amides is 2. The molecule has 1 saturated carbocycles. The summed E-state index contributed by atoms with van der Waals surface area (Å²) in [7, 11) is 0. The van der Waals surface area contributed by atoms with Crippen molar-refractivity contribution in [3.05, 3.63) is 21.9 Å². The maximum Gasteiger partial charge on any atom is 0.249 e. The number of primary amides is 2. The molecule has 1 heterocycles. The third-order valence-corrected chi connectivity index (χ3v) is 5.92. The lowest BCUT2D eigenvalue weighted by molar-refractivity contribution is -0.127. The van der Waals surface area contributed by atoms with E-state index >= 15 is 0 Å². The zero-order valence-electron chi connectivity index (χ0n) is 13.9. The summed E-state index contributed by atoms with van der Waals surface area (Å²) in [6, 6.07) is 1.64. The number of alkyl halides is 2. The molecular weight excluding hydrogens is 350 g/mol. The molecule has 0 aromatic carbocycles. The fraction of sp³-hybridized carbons (Fsp3) is 0.647. The van der Waals surface area contributed by atoms with Crippen molar-refractivity contribution < 1.29 is 23.5 Å². The number of rotatable bonds is 8. The molecule has 140 valence electrons. The monoisotopic (exact) mass is 374 g/mol. The minimum atomic E-state index is -2.67. The molecule has 1 fully saturated rings. The Hall–Kier alpha value is -1.54. The number of nitrogens with two attached hydrogens (primary N) is 2. The number of thiophene rings is 1. The summed E-state index contributed by atoms with van der Waals surface area (Å²) in [4.78, 5) is 23.8. The Morgan fingerprint density at radius 2 is 1.96 bits per heavy atom. The number of aryl methyl sites for hydroxylation is 1. The Morgan fingerprint density at radius 1 is 1.32 bits per heavy atom. The Balaban J connectivity index is 1.90. The summed E-state index contributed by atoms with van der Waals surface area (Å²) in [6.45, 7) is 0. The van der Waals surface area contributed by atoms with Crippen LogP contribution >= 0.6 is 11.3 Å². The van der Waals surface area contributed by atoms with Gasteiger partial charge in [-0.05, 0) is 49.5 Å². The molecule has 0 spiro atoms. The van der Waals surface area contributed by atoms with Crippen molar-refractivity contribution in [2.24, 2.45) is 23.3 Å². The molecule has 2 unspecified atom stereocenters. The lowest BCUT2D eigenvalue weighted by Gasteiger charge is -2.33. The Kier molecular flexibility index (Phi) is 6.51. The van der Waals surface area contributed by atoms with Gasteiger partial charge in [-0.3, -0.25) is 9.59 Å². The third-order valence-electron chi connectivity index (χ3n) is 4.94. The molecule has 1 aromatic heterocycles. The van der Waals surface area contributed by atoms with Crippen molar-refractivity contribution in [2.75, 3.05) is 0 Å². The van der Waals surface area contributed by atoms with Gasteiger partial charge in [-0.15, -0.1) is 11.3 Å². The number of halogens is 2. The molecule has 25 heavy (non-hydrogen) atoms. The highest BCUT2D eigenvalue weighted by Gasteiger charge is 2.39. The number of hydrogen-bond acceptors (Lipinski definition) is 4. The topological polar surface area (TPSA) is 106 Å². The molecular formula is C17H24F2N2O3S. The quantitative estimate of drug-likeness (QED) is 0.650. The second-order valence-corrected chi connectivity index (χ2v) is 7.75. The normalized spacial score (nSPS) is 20.1. The van der Waals surface area contributed by atoms with Crippen LogP contribution in [-0.2, 0) is 11.2 Å². The molecule has 0 saturated heterocycles. The molecule has 5 nitrogen and oxygen atoms in total. The largest absolute Gasteiger partial charge is 0.393 e. The van der Waals surface area contributed by atoms with Crippen LogP contribution in [0.5, 0.6) is 0 Å². The standard InChI is InChI=1S/C17H24F2N2O3S/c18-17(19)6-3-10(4-7-17)13(16(21)24)9-11(22)1-2-14-12(15(20)23)5-8-25-14/h5,8,10-11,13,22H,1-4,6-7,9H2,(H2,20,23)(H2,21,24). The van der Waals surface area contributed by atoms with E-state index in [1.165, 1.54) is 11.3 Å². The van der Waals surface area contributed by atoms with E-state index < -0.39 is 29.8 Å². The fourth-order valence-electron chi connectivity index (χ4n) is 3.47. The van der Waals surface area contributed by atoms with Crippen LogP contribution in [-0.4, -0.2) is 28.9 Å². The molecule has 1 aromatic rings. The summed E-state index contributed by atoms with van der Waals surface area (Å²) >= 11 is 1.39. The van der Waals surface area contributed by atoms with Crippen molar-refractivity contribution in [3.63, 3.8) is 0 Å². The third kappa shape index (κ3) is 5.47. The van der Waals surface area contributed by atoms with Crippen molar-refractivity contribution in [1.82, 2.24) is 0 Å². The molecule has 2 amide bonds. The van der Waals surface area contributed by atoms with Gasteiger partial charge in [0.05, 0.1) is 11.7 Å². The van der Waals surface area contributed by atoms with Crippen LogP contribution in [0.1, 0.15) is 53.8 Å². The van der Waals surface area contributed by atoms with Gasteiger partial charge < -0.3 is 16.6 Å². The zero-order valence-corrected chi connectivity index (χ0v) is 14.7. The molecule has 5 N–H and O–H groups in total. The van der Waals surface area contributed by atoms with Crippen LogP contribution < -0.4 is 11.5 Å². The van der Waals surface area contributed by atoms with Gasteiger partial charge in [0.2, 0.25) is 17.7 Å². The molecule has 1 aliphatic carbocycles. The van der Waals surface area contributed by atoms with E-state index in [1.54, 1.807) is 11.4 Å². The second kappa shape index (κ2) is 8.23. The van der Waals surface area contributed by atoms with E-state index in [0.717, 1.165) is 4.88 Å². The van der Waals surface area contributed by atoms with Gasteiger partial charge in [0.25, 0.3) is 0 Å². The van der Waals surface area contributed by atoms with Gasteiger partial charge in [-0.1, -0.05) is 0 Å². The van der Waals surface area contributed by atoms with Crippen LogP contribution in [0, 0.1) is 11.8 Å². The number of hydrogen-bond donors (Lipinski definition) is 3. The predicted octanol–water partition coefficient (Wildman–Crippen LogP) is 2.46. The van der Waals surface area contributed by atoms with E-state index in [9.17, 15) is 23.5 Å². The summed E-state index contributed by atoms with van der Waals surface area (Å²) < 4.78 is 26.6. The first-order valence-electron chi connectivity index (χ1n) is 8.41. The summed E-state index contributed by atoms with van der Waals surface area (Å²) in [5, 5.41) is 12.0. The number of aliphatic hydroxyl groups excluding tert-OH is 1. The Bertz CT molecular complexity index is 611. The molecule has 0 radical (unpaired) electrons. The lowest BCUT2D eigenvalue weighted by atomic mass is 9.76. The Morgan fingerprint density at radius 3 is 2.52 bits per heavy atom. The predicted molar refractivity (Wildman–Crippen MR) is 91.4 cm³/mol. The smallest absolute Gasteiger partial charge is 0.249 e. The van der Waals surface area contributed by atoms with Crippen LogP contribution in [0.3, 0.4) is 0 Å². The van der Waals surface area contributed by atoms with Gasteiger partial charge in [0, 0.05) is 23.6 Å². The maximum absolute atomic E-state index is 13.3. The minimum Gasteiger partial charge on any atom is -0.393 e. The van der Waals surface area contributed by atoms with Gasteiger partial charge >= 0.3 is 0 Å². The zero-order chi connectivity index (χ0) is 18.6. The summed E-state index contributed by atoms with van der Waals surface area (Å²) in [5.41, 5.74) is 11.2. The lowest BCUT2D eigenvalue weighted by Crippen LogP contribution is -2.37. The average Bonchev–Trinajstić information content (AvgIpc) is 2.99. The number of carbonyl (C=O) groups excluding carboxylic acids is 2. The SMILES string of the molecule is NC(=O)c1ccsc1CCC(O)CC(C(N)=O)C1CCC(F)(F)CC1. The molecule has 1 aliphatic rings. The molecule has 0 aliphatic heterocycles. The van der Waals surface area contributed by atoms with Gasteiger partial charge in [0.1, 0.15) is 0 Å². The first-order chi connectivity index (χ1) is 11.7. The fourth-order valence-corrected chi connectivity index (χ4v) is 4.37. The van der Waals surface area contributed by atoms with E-state index in [0.29, 0.717) is 18.4 Å². The average molecular weight is 374 g/mol. The van der Waals surface area contributed by atoms with Crippen molar-refractivity contribution >= 4 is 23.2 Å². The van der Waals surface area contributed by atoms with Gasteiger partial charge in [0.15, 0.2) is 0 Å². The molecule has 2 rings (SSSR count). The van der Waals surface area contributed by atoms with E-state index in [1.807, 2.05) is 0 Å². The van der Waals surface area contributed by atoms with Crippen LogP contribution in [0.4, 0.5) is 8.78 Å². The van der Waals surface area contributed by atoms with E-state index in [-0.39, 0.29) is 38.0 Å². The first kappa shape index (κ1) is 19.8. The van der Waals surface area contributed by atoms with Crippen molar-refractivity contribution in [1.29, 1.82) is 0 Å². The molecule has 0 bridgehead atoms. The first-order valence-corrected chi connectivity index (χ1v) is 9.29. The number of carbonyl (C=O) groups is 2. The van der Waals surface area contributed by atoms with Crippen LogP contribution in [0.25, 0.3) is 0 Å². The minimum absolute atomic E-state index is 0.156. The highest BCUT2D eigenvalue weighted by atomic mass is 32.1. The Labute approximate surface area is 149 Å².